The third-order valence-electron chi connectivity index (χ3n) is 11.6. The number of amides is 1. The Morgan fingerprint density at radius 2 is 0.857 bits per heavy atom. The van der Waals surface area contributed by atoms with Crippen molar-refractivity contribution in [1.82, 2.24) is 5.32 Å². The topological polar surface area (TPSA) is 95.9 Å². The number of aliphatic hydroxyl groups excluding tert-OH is 2. The summed E-state index contributed by atoms with van der Waals surface area (Å²) in [6, 6.07) is -0.694. The number of hydrogen-bond acceptors (Lipinski definition) is 5. The quantitative estimate of drug-likeness (QED) is 0.0324. The number of aliphatic hydroxyl groups is 2. The molecule has 0 rings (SSSR count). The zero-order valence-electron chi connectivity index (χ0n) is 37.8. The van der Waals surface area contributed by atoms with Gasteiger partial charge in [0.05, 0.1) is 25.2 Å². The van der Waals surface area contributed by atoms with Gasteiger partial charge in [-0.1, -0.05) is 219 Å². The van der Waals surface area contributed by atoms with Gasteiger partial charge in [0.15, 0.2) is 0 Å². The summed E-state index contributed by atoms with van der Waals surface area (Å²) in [6.07, 6.45) is 48.4. The van der Waals surface area contributed by atoms with Crippen molar-refractivity contribution in [3.63, 3.8) is 0 Å². The first kappa shape index (κ1) is 54.6. The van der Waals surface area contributed by atoms with Gasteiger partial charge in [-0.3, -0.25) is 9.59 Å². The summed E-state index contributed by atoms with van der Waals surface area (Å²) < 4.78 is 5.92. The van der Waals surface area contributed by atoms with E-state index in [1.807, 2.05) is 0 Å². The van der Waals surface area contributed by atoms with Crippen molar-refractivity contribution < 1.29 is 24.5 Å². The first-order valence-electron chi connectivity index (χ1n) is 24.9. The molecule has 0 spiro atoms. The Balaban J connectivity index is 4.53. The molecule has 6 heteroatoms. The molecule has 0 heterocycles. The van der Waals surface area contributed by atoms with E-state index in [9.17, 15) is 19.8 Å². The Bertz CT molecular complexity index is 847. The molecule has 0 aromatic carbocycles. The zero-order valence-corrected chi connectivity index (χ0v) is 37.8. The molecule has 0 saturated heterocycles. The Hall–Kier alpha value is -1.40. The van der Waals surface area contributed by atoms with E-state index in [4.69, 9.17) is 4.74 Å². The molecule has 56 heavy (non-hydrogen) atoms. The number of ether oxygens (including phenoxy) is 1. The van der Waals surface area contributed by atoms with Gasteiger partial charge in [-0.2, -0.15) is 0 Å². The number of esters is 1. The van der Waals surface area contributed by atoms with Gasteiger partial charge in [0, 0.05) is 6.42 Å². The van der Waals surface area contributed by atoms with Crippen LogP contribution in [0, 0.1) is 0 Å². The molecule has 3 unspecified atom stereocenters. The summed E-state index contributed by atoms with van der Waals surface area (Å²) >= 11 is 0. The van der Waals surface area contributed by atoms with Crippen molar-refractivity contribution in [2.24, 2.45) is 0 Å². The fourth-order valence-corrected chi connectivity index (χ4v) is 7.78. The lowest BCUT2D eigenvalue weighted by molar-refractivity contribution is -0.151. The lowest BCUT2D eigenvalue weighted by Crippen LogP contribution is -2.46. The Kier molecular flexibility index (Phi) is 43.6. The van der Waals surface area contributed by atoms with Crippen LogP contribution in [0.25, 0.3) is 0 Å². The van der Waals surface area contributed by atoms with Gasteiger partial charge in [0.2, 0.25) is 5.91 Å². The molecule has 0 aromatic rings. The van der Waals surface area contributed by atoms with E-state index < -0.39 is 18.2 Å². The number of allylic oxidation sites excluding steroid dienone is 2. The fraction of sp³-hybridized carbons (Fsp3) is 0.920. The largest absolute Gasteiger partial charge is 0.462 e. The van der Waals surface area contributed by atoms with Gasteiger partial charge >= 0.3 is 5.97 Å². The van der Waals surface area contributed by atoms with Crippen LogP contribution in [0.4, 0.5) is 0 Å². The molecule has 0 aliphatic rings. The lowest BCUT2D eigenvalue weighted by Gasteiger charge is -2.24. The second-order valence-electron chi connectivity index (χ2n) is 17.2. The summed E-state index contributed by atoms with van der Waals surface area (Å²) in [5.41, 5.74) is 0. The standard InChI is InChI=1S/C50H97NO5/c1-4-7-10-13-16-19-22-24-25-26-28-31-34-37-40-43-50(55)56-46(41-38-35-32-29-27-23-20-17-14-11-8-5-2)44-49(54)51-47(45-52)48(53)42-39-36-33-30-21-18-15-12-9-6-3/h19,22,46-48,52-53H,4-18,20-21,23-45H2,1-3H3,(H,51,54)/b22-19-. The van der Waals surface area contributed by atoms with Gasteiger partial charge in [-0.15, -0.1) is 0 Å². The van der Waals surface area contributed by atoms with Gasteiger partial charge in [0.1, 0.15) is 6.10 Å². The normalized spacial score (nSPS) is 13.3. The van der Waals surface area contributed by atoms with Crippen LogP contribution in [-0.4, -0.2) is 46.9 Å². The van der Waals surface area contributed by atoms with E-state index in [0.29, 0.717) is 19.3 Å². The Morgan fingerprint density at radius 1 is 0.500 bits per heavy atom. The highest BCUT2D eigenvalue weighted by Crippen LogP contribution is 2.18. The number of unbranched alkanes of at least 4 members (excludes halogenated alkanes) is 31. The van der Waals surface area contributed by atoms with Crippen LogP contribution in [-0.2, 0) is 14.3 Å². The predicted octanol–water partition coefficient (Wildman–Crippen LogP) is 14.6. The molecule has 1 amide bonds. The number of carbonyl (C=O) groups is 2. The number of nitrogens with one attached hydrogen (secondary N) is 1. The van der Waals surface area contributed by atoms with Crippen LogP contribution >= 0.6 is 0 Å². The number of carbonyl (C=O) groups excluding carboxylic acids is 2. The number of hydrogen-bond donors (Lipinski definition) is 3. The van der Waals surface area contributed by atoms with E-state index >= 15 is 0 Å². The molecule has 3 atom stereocenters. The second-order valence-corrected chi connectivity index (χ2v) is 17.2. The van der Waals surface area contributed by atoms with Crippen molar-refractivity contribution in [3.05, 3.63) is 12.2 Å². The molecule has 6 nitrogen and oxygen atoms in total. The summed E-state index contributed by atoms with van der Waals surface area (Å²) in [5.74, 6) is -0.465. The third-order valence-corrected chi connectivity index (χ3v) is 11.6. The first-order valence-corrected chi connectivity index (χ1v) is 24.9. The molecule has 0 radical (unpaired) electrons. The molecule has 0 aromatic heterocycles. The smallest absolute Gasteiger partial charge is 0.306 e. The molecule has 332 valence electrons. The molecule has 0 aliphatic carbocycles. The Labute approximate surface area is 349 Å². The average Bonchev–Trinajstić information content (AvgIpc) is 3.19. The van der Waals surface area contributed by atoms with E-state index in [2.05, 4.69) is 38.2 Å². The van der Waals surface area contributed by atoms with E-state index in [-0.39, 0.29) is 24.9 Å². The van der Waals surface area contributed by atoms with Crippen molar-refractivity contribution >= 4 is 11.9 Å². The molecule has 0 bridgehead atoms. The molecular weight excluding hydrogens is 695 g/mol. The van der Waals surface area contributed by atoms with Crippen LogP contribution in [0.5, 0.6) is 0 Å². The SMILES string of the molecule is CCCCCC/C=C\CCCCCCCCCC(=O)OC(CCCCCCCCCCCCCC)CC(=O)NC(CO)C(O)CCCCCCCCCCCC. The monoisotopic (exact) mass is 792 g/mol. The first-order chi connectivity index (χ1) is 27.5. The fourth-order valence-electron chi connectivity index (χ4n) is 7.78. The van der Waals surface area contributed by atoms with Crippen molar-refractivity contribution in [2.75, 3.05) is 6.61 Å². The van der Waals surface area contributed by atoms with Crippen molar-refractivity contribution in [3.8, 4) is 0 Å². The van der Waals surface area contributed by atoms with Gasteiger partial charge in [-0.05, 0) is 51.4 Å². The maximum Gasteiger partial charge on any atom is 0.306 e. The van der Waals surface area contributed by atoms with Gasteiger partial charge in [0.25, 0.3) is 0 Å². The van der Waals surface area contributed by atoms with E-state index in [1.54, 1.807) is 0 Å². The minimum absolute atomic E-state index is 0.0826. The Morgan fingerprint density at radius 3 is 1.29 bits per heavy atom. The summed E-state index contributed by atoms with van der Waals surface area (Å²) in [5, 5.41) is 23.7. The summed E-state index contributed by atoms with van der Waals surface area (Å²) in [4.78, 5) is 26.1. The molecular formula is C50H97NO5. The van der Waals surface area contributed by atoms with Crippen LogP contribution in [0.15, 0.2) is 12.2 Å². The third kappa shape index (κ3) is 39.4. The van der Waals surface area contributed by atoms with E-state index in [0.717, 1.165) is 44.9 Å². The van der Waals surface area contributed by atoms with Crippen LogP contribution in [0.1, 0.15) is 271 Å². The minimum Gasteiger partial charge on any atom is -0.462 e. The molecule has 0 saturated carbocycles. The molecule has 0 fully saturated rings. The maximum absolute atomic E-state index is 13.1. The molecule has 3 N–H and O–H groups in total. The highest BCUT2D eigenvalue weighted by atomic mass is 16.5. The summed E-state index contributed by atoms with van der Waals surface area (Å²) in [7, 11) is 0. The minimum atomic E-state index is -0.780. The number of rotatable bonds is 45. The van der Waals surface area contributed by atoms with Crippen molar-refractivity contribution in [1.29, 1.82) is 0 Å². The van der Waals surface area contributed by atoms with Gasteiger partial charge in [-0.25, -0.2) is 0 Å². The summed E-state index contributed by atoms with van der Waals surface area (Å²) in [6.45, 7) is 6.47. The second kappa shape index (κ2) is 44.7. The highest BCUT2D eigenvalue weighted by molar-refractivity contribution is 5.77. The van der Waals surface area contributed by atoms with Crippen LogP contribution in [0.2, 0.25) is 0 Å². The van der Waals surface area contributed by atoms with Crippen LogP contribution < -0.4 is 5.32 Å². The predicted molar refractivity (Wildman–Crippen MR) is 241 cm³/mol. The maximum atomic E-state index is 13.1. The highest BCUT2D eigenvalue weighted by Gasteiger charge is 2.24. The van der Waals surface area contributed by atoms with Crippen LogP contribution in [0.3, 0.4) is 0 Å². The molecule has 0 aliphatic heterocycles. The lowest BCUT2D eigenvalue weighted by atomic mass is 10.0. The van der Waals surface area contributed by atoms with Crippen molar-refractivity contribution in [2.45, 2.75) is 289 Å². The zero-order chi connectivity index (χ0) is 41.0. The van der Waals surface area contributed by atoms with E-state index in [1.165, 1.54) is 180 Å². The van der Waals surface area contributed by atoms with Gasteiger partial charge < -0.3 is 20.3 Å². The average molecular weight is 792 g/mol.